The van der Waals surface area contributed by atoms with Crippen molar-refractivity contribution in [2.75, 3.05) is 0 Å². The van der Waals surface area contributed by atoms with Gasteiger partial charge in [-0.15, -0.1) is 0 Å². The summed E-state index contributed by atoms with van der Waals surface area (Å²) in [5.74, 6) is 1.20. The molecule has 25 heavy (non-hydrogen) atoms. The molecule has 0 saturated heterocycles. The lowest BCUT2D eigenvalue weighted by Crippen LogP contribution is -2.05. The van der Waals surface area contributed by atoms with Gasteiger partial charge in [-0.1, -0.05) is 42.5 Å². The summed E-state index contributed by atoms with van der Waals surface area (Å²) in [6, 6.07) is 21.0. The van der Waals surface area contributed by atoms with Crippen LogP contribution in [0.4, 0.5) is 0 Å². The summed E-state index contributed by atoms with van der Waals surface area (Å²) in [4.78, 5) is 15.8. The predicted octanol–water partition coefficient (Wildman–Crippen LogP) is 4.55. The molecule has 3 aromatic rings. The Morgan fingerprint density at radius 1 is 0.840 bits per heavy atom. The number of esters is 1. The molecule has 0 bridgehead atoms. The van der Waals surface area contributed by atoms with Crippen molar-refractivity contribution in [2.24, 2.45) is 0 Å². The molecule has 0 unspecified atom stereocenters. The fraction of sp³-hybridized carbons (Fsp3) is 0.143. The fourth-order valence-corrected chi connectivity index (χ4v) is 2.32. The van der Waals surface area contributed by atoms with Gasteiger partial charge in [-0.05, 0) is 41.8 Å². The van der Waals surface area contributed by atoms with Crippen LogP contribution < -0.4 is 4.74 Å². The van der Waals surface area contributed by atoms with Crippen molar-refractivity contribution < 1.29 is 14.3 Å². The first-order valence-corrected chi connectivity index (χ1v) is 8.16. The maximum Gasteiger partial charge on any atom is 0.306 e. The quantitative estimate of drug-likeness (QED) is 0.595. The normalized spacial score (nSPS) is 10.2. The van der Waals surface area contributed by atoms with Crippen molar-refractivity contribution in [1.29, 1.82) is 0 Å². The molecule has 0 aliphatic carbocycles. The average molecular weight is 333 g/mol. The largest absolute Gasteiger partial charge is 0.461 e. The second kappa shape index (κ2) is 8.64. The van der Waals surface area contributed by atoms with Crippen LogP contribution in [-0.2, 0) is 22.6 Å². The summed E-state index contributed by atoms with van der Waals surface area (Å²) in [6.07, 6.45) is 4.42. The van der Waals surface area contributed by atoms with Gasteiger partial charge in [-0.25, -0.2) is 0 Å². The van der Waals surface area contributed by atoms with Crippen LogP contribution in [0.5, 0.6) is 11.5 Å². The van der Waals surface area contributed by atoms with Crippen LogP contribution in [0.1, 0.15) is 17.5 Å². The van der Waals surface area contributed by atoms with Gasteiger partial charge in [0.05, 0.1) is 6.20 Å². The van der Waals surface area contributed by atoms with Gasteiger partial charge in [0.1, 0.15) is 18.1 Å². The van der Waals surface area contributed by atoms with Crippen LogP contribution >= 0.6 is 0 Å². The van der Waals surface area contributed by atoms with Gasteiger partial charge in [0.25, 0.3) is 0 Å². The zero-order chi connectivity index (χ0) is 17.3. The van der Waals surface area contributed by atoms with Crippen molar-refractivity contribution in [3.63, 3.8) is 0 Å². The highest BCUT2D eigenvalue weighted by Crippen LogP contribution is 2.20. The van der Waals surface area contributed by atoms with E-state index in [1.54, 1.807) is 12.4 Å². The highest BCUT2D eigenvalue weighted by molar-refractivity contribution is 5.69. The van der Waals surface area contributed by atoms with Crippen LogP contribution in [0, 0.1) is 0 Å². The predicted molar refractivity (Wildman–Crippen MR) is 95.3 cm³/mol. The van der Waals surface area contributed by atoms with E-state index in [2.05, 4.69) is 4.98 Å². The Labute approximate surface area is 147 Å². The van der Waals surface area contributed by atoms with Gasteiger partial charge in [0.15, 0.2) is 0 Å². The van der Waals surface area contributed by atoms with Crippen LogP contribution in [0.15, 0.2) is 79.1 Å². The molecule has 1 aromatic heterocycles. The van der Waals surface area contributed by atoms with Crippen LogP contribution in [0.2, 0.25) is 0 Å². The zero-order valence-electron chi connectivity index (χ0n) is 13.8. The van der Waals surface area contributed by atoms with Crippen LogP contribution in [-0.4, -0.2) is 11.0 Å². The number of rotatable bonds is 7. The van der Waals surface area contributed by atoms with E-state index in [1.165, 1.54) is 0 Å². The molecule has 3 rings (SSSR count). The molecule has 0 saturated carbocycles. The number of ether oxygens (including phenoxy) is 2. The van der Waals surface area contributed by atoms with Crippen molar-refractivity contribution in [3.05, 3.63) is 90.3 Å². The van der Waals surface area contributed by atoms with Gasteiger partial charge in [-0.3, -0.25) is 9.78 Å². The topological polar surface area (TPSA) is 48.4 Å². The zero-order valence-corrected chi connectivity index (χ0v) is 13.8. The first-order chi connectivity index (χ1) is 12.3. The summed E-state index contributed by atoms with van der Waals surface area (Å²) in [5, 5.41) is 0. The van der Waals surface area contributed by atoms with E-state index < -0.39 is 0 Å². The van der Waals surface area contributed by atoms with Crippen LogP contribution in [0.25, 0.3) is 0 Å². The van der Waals surface area contributed by atoms with E-state index in [9.17, 15) is 4.79 Å². The van der Waals surface area contributed by atoms with Gasteiger partial charge in [-0.2, -0.15) is 0 Å². The smallest absolute Gasteiger partial charge is 0.306 e. The van der Waals surface area contributed by atoms with Gasteiger partial charge in [0, 0.05) is 12.6 Å². The molecule has 0 radical (unpaired) electrons. The molecule has 0 atom stereocenters. The second-order valence-corrected chi connectivity index (χ2v) is 5.58. The molecule has 2 aromatic carbocycles. The summed E-state index contributed by atoms with van der Waals surface area (Å²) in [7, 11) is 0. The number of nitrogens with zero attached hydrogens (tertiary/aromatic N) is 1. The molecular weight excluding hydrogens is 314 g/mol. The minimum Gasteiger partial charge on any atom is -0.461 e. The molecule has 4 heteroatoms. The number of aryl methyl sites for hydroxylation is 1. The first-order valence-electron chi connectivity index (χ1n) is 8.16. The Kier molecular flexibility index (Phi) is 5.77. The first kappa shape index (κ1) is 16.7. The Morgan fingerprint density at radius 2 is 1.64 bits per heavy atom. The second-order valence-electron chi connectivity index (χ2n) is 5.58. The average Bonchev–Trinajstić information content (AvgIpc) is 2.67. The third-order valence-corrected chi connectivity index (χ3v) is 3.65. The van der Waals surface area contributed by atoms with E-state index in [1.807, 2.05) is 66.7 Å². The van der Waals surface area contributed by atoms with Gasteiger partial charge in [0.2, 0.25) is 0 Å². The highest BCUT2D eigenvalue weighted by atomic mass is 16.5. The molecular formula is C21H19NO3. The monoisotopic (exact) mass is 333 g/mol. The summed E-state index contributed by atoms with van der Waals surface area (Å²) >= 11 is 0. The molecule has 0 fully saturated rings. The molecule has 0 aliphatic heterocycles. The number of hydrogen-bond donors (Lipinski definition) is 0. The van der Waals surface area contributed by atoms with E-state index in [0.29, 0.717) is 24.3 Å². The molecule has 1 heterocycles. The van der Waals surface area contributed by atoms with Gasteiger partial charge < -0.3 is 9.47 Å². The third kappa shape index (κ3) is 5.46. The number of carbonyl (C=O) groups excluding carboxylic acids is 1. The lowest BCUT2D eigenvalue weighted by Gasteiger charge is -2.07. The SMILES string of the molecule is O=C(CCc1ccccc1)OCc1ccc(Oc2cccnc2)cc1. The number of pyridine rings is 1. The highest BCUT2D eigenvalue weighted by Gasteiger charge is 2.05. The molecule has 0 amide bonds. The summed E-state index contributed by atoms with van der Waals surface area (Å²) in [6.45, 7) is 0.265. The fourth-order valence-electron chi connectivity index (χ4n) is 2.32. The maximum absolute atomic E-state index is 11.8. The van der Waals surface area contributed by atoms with Crippen molar-refractivity contribution >= 4 is 5.97 Å². The van der Waals surface area contributed by atoms with E-state index >= 15 is 0 Å². The number of aromatic nitrogens is 1. The molecule has 0 N–H and O–H groups in total. The number of benzene rings is 2. The van der Waals surface area contributed by atoms with E-state index in [4.69, 9.17) is 9.47 Å². The van der Waals surface area contributed by atoms with Crippen molar-refractivity contribution in [2.45, 2.75) is 19.4 Å². The molecule has 0 spiro atoms. The lowest BCUT2D eigenvalue weighted by molar-refractivity contribution is -0.144. The third-order valence-electron chi connectivity index (χ3n) is 3.65. The van der Waals surface area contributed by atoms with Gasteiger partial charge >= 0.3 is 5.97 Å². The standard InChI is InChI=1S/C21H19NO3/c23-21(13-10-17-5-2-1-3-6-17)24-16-18-8-11-19(12-9-18)25-20-7-4-14-22-15-20/h1-9,11-12,14-15H,10,13,16H2. The summed E-state index contributed by atoms with van der Waals surface area (Å²) in [5.41, 5.74) is 2.06. The Balaban J connectivity index is 1.44. The molecule has 0 aliphatic rings. The Bertz CT molecular complexity index is 786. The van der Waals surface area contributed by atoms with Crippen molar-refractivity contribution in [3.8, 4) is 11.5 Å². The van der Waals surface area contributed by atoms with E-state index in [-0.39, 0.29) is 12.6 Å². The number of hydrogen-bond acceptors (Lipinski definition) is 4. The Hall–Kier alpha value is -3.14. The minimum absolute atomic E-state index is 0.195. The lowest BCUT2D eigenvalue weighted by atomic mass is 10.1. The summed E-state index contributed by atoms with van der Waals surface area (Å²) < 4.78 is 11.0. The molecule has 4 nitrogen and oxygen atoms in total. The van der Waals surface area contributed by atoms with Crippen molar-refractivity contribution in [1.82, 2.24) is 4.98 Å². The minimum atomic E-state index is -0.195. The molecule has 126 valence electrons. The Morgan fingerprint density at radius 3 is 2.36 bits per heavy atom. The van der Waals surface area contributed by atoms with E-state index in [0.717, 1.165) is 11.1 Å². The van der Waals surface area contributed by atoms with Crippen LogP contribution in [0.3, 0.4) is 0 Å². The number of carbonyl (C=O) groups is 1. The maximum atomic E-state index is 11.8.